The van der Waals surface area contributed by atoms with E-state index in [0.717, 1.165) is 0 Å². The summed E-state index contributed by atoms with van der Waals surface area (Å²) in [6.07, 6.45) is 0. The predicted molar refractivity (Wildman–Crippen MR) is 73.0 cm³/mol. The van der Waals surface area contributed by atoms with Gasteiger partial charge >= 0.3 is 0 Å². The second kappa shape index (κ2) is 5.86. The van der Waals surface area contributed by atoms with Crippen molar-refractivity contribution in [2.75, 3.05) is 12.4 Å². The molecule has 0 atom stereocenters. The van der Waals surface area contributed by atoms with Gasteiger partial charge in [-0.15, -0.1) is 10.2 Å². The van der Waals surface area contributed by atoms with Crippen LogP contribution in [0.5, 0.6) is 5.75 Å². The number of halogens is 2. The van der Waals surface area contributed by atoms with Crippen LogP contribution < -0.4 is 10.1 Å². The van der Waals surface area contributed by atoms with E-state index >= 15 is 0 Å². The van der Waals surface area contributed by atoms with Crippen molar-refractivity contribution < 1.29 is 9.53 Å². The smallest absolute Gasteiger partial charge is 0.276 e. The lowest BCUT2D eigenvalue weighted by Gasteiger charge is -2.08. The standard InChI is InChI=1S/C12H9Cl2N3O2/c1-19-7-2-3-8(13)10(6-7)15-12(18)9-4-5-11(14)17-16-9/h2-6H,1H3,(H,15,18). The number of carbonyl (C=O) groups is 1. The van der Waals surface area contributed by atoms with Crippen molar-refractivity contribution in [3.05, 3.63) is 46.2 Å². The van der Waals surface area contributed by atoms with E-state index in [1.165, 1.54) is 19.2 Å². The largest absolute Gasteiger partial charge is 0.497 e. The summed E-state index contributed by atoms with van der Waals surface area (Å²) in [5, 5.41) is 10.5. The number of methoxy groups -OCH3 is 1. The first-order valence-corrected chi connectivity index (χ1v) is 6.00. The first-order chi connectivity index (χ1) is 9.10. The fraction of sp³-hybridized carbons (Fsp3) is 0.0833. The monoisotopic (exact) mass is 297 g/mol. The maximum absolute atomic E-state index is 11.9. The van der Waals surface area contributed by atoms with Crippen LogP contribution >= 0.6 is 23.2 Å². The molecule has 0 aliphatic carbocycles. The highest BCUT2D eigenvalue weighted by molar-refractivity contribution is 6.34. The molecule has 1 heterocycles. The van der Waals surface area contributed by atoms with Crippen LogP contribution in [0.15, 0.2) is 30.3 Å². The lowest BCUT2D eigenvalue weighted by atomic mass is 10.3. The number of ether oxygens (including phenoxy) is 1. The van der Waals surface area contributed by atoms with Gasteiger partial charge < -0.3 is 10.1 Å². The number of hydrogen-bond acceptors (Lipinski definition) is 4. The molecule has 2 rings (SSSR count). The van der Waals surface area contributed by atoms with Crippen LogP contribution in [0.4, 0.5) is 5.69 Å². The molecule has 1 aromatic heterocycles. The predicted octanol–water partition coefficient (Wildman–Crippen LogP) is 3.04. The maximum Gasteiger partial charge on any atom is 0.276 e. The topological polar surface area (TPSA) is 64.1 Å². The van der Waals surface area contributed by atoms with Gasteiger partial charge in [0.05, 0.1) is 17.8 Å². The van der Waals surface area contributed by atoms with Gasteiger partial charge in [0.25, 0.3) is 5.91 Å². The minimum Gasteiger partial charge on any atom is -0.497 e. The molecule has 1 amide bonds. The highest BCUT2D eigenvalue weighted by Gasteiger charge is 2.11. The third-order valence-electron chi connectivity index (χ3n) is 2.29. The van der Waals surface area contributed by atoms with Crippen LogP contribution in [0, 0.1) is 0 Å². The van der Waals surface area contributed by atoms with Gasteiger partial charge in [-0.2, -0.15) is 0 Å². The summed E-state index contributed by atoms with van der Waals surface area (Å²) < 4.78 is 5.06. The molecule has 0 bridgehead atoms. The van der Waals surface area contributed by atoms with Gasteiger partial charge in [-0.25, -0.2) is 0 Å². The molecule has 0 radical (unpaired) electrons. The van der Waals surface area contributed by atoms with Crippen molar-refractivity contribution >= 4 is 34.8 Å². The average molecular weight is 298 g/mol. The van der Waals surface area contributed by atoms with Crippen molar-refractivity contribution in [3.8, 4) is 5.75 Å². The number of hydrogen-bond donors (Lipinski definition) is 1. The highest BCUT2D eigenvalue weighted by Crippen LogP contribution is 2.26. The minimum absolute atomic E-state index is 0.142. The third-order valence-corrected chi connectivity index (χ3v) is 2.82. The summed E-state index contributed by atoms with van der Waals surface area (Å²) in [5.74, 6) is 0.154. The van der Waals surface area contributed by atoms with Crippen molar-refractivity contribution in [1.82, 2.24) is 10.2 Å². The van der Waals surface area contributed by atoms with E-state index in [1.54, 1.807) is 18.2 Å². The molecule has 0 aliphatic heterocycles. The van der Waals surface area contributed by atoms with Gasteiger partial charge in [0.1, 0.15) is 5.75 Å². The van der Waals surface area contributed by atoms with E-state index in [1.807, 2.05) is 0 Å². The molecule has 0 aliphatic rings. The average Bonchev–Trinajstić information content (AvgIpc) is 2.42. The molecule has 1 aromatic carbocycles. The molecule has 1 N–H and O–H groups in total. The molecule has 0 saturated heterocycles. The number of amides is 1. The molecular formula is C12H9Cl2N3O2. The lowest BCUT2D eigenvalue weighted by molar-refractivity contribution is 0.102. The number of nitrogens with one attached hydrogen (secondary N) is 1. The van der Waals surface area contributed by atoms with E-state index in [4.69, 9.17) is 27.9 Å². The van der Waals surface area contributed by atoms with E-state index in [2.05, 4.69) is 15.5 Å². The molecule has 0 saturated carbocycles. The lowest BCUT2D eigenvalue weighted by Crippen LogP contribution is -2.14. The molecule has 98 valence electrons. The molecular weight excluding hydrogens is 289 g/mol. The number of aromatic nitrogens is 2. The number of nitrogens with zero attached hydrogens (tertiary/aromatic N) is 2. The van der Waals surface area contributed by atoms with E-state index in [0.29, 0.717) is 16.5 Å². The first-order valence-electron chi connectivity index (χ1n) is 5.24. The Labute approximate surface area is 119 Å². The number of rotatable bonds is 3. The van der Waals surface area contributed by atoms with Crippen LogP contribution in [0.2, 0.25) is 10.2 Å². The second-order valence-corrected chi connectivity index (χ2v) is 4.34. The third kappa shape index (κ3) is 3.33. The van der Waals surface area contributed by atoms with E-state index in [9.17, 15) is 4.79 Å². The maximum atomic E-state index is 11.9. The van der Waals surface area contributed by atoms with Crippen molar-refractivity contribution in [2.24, 2.45) is 0 Å². The van der Waals surface area contributed by atoms with Crippen molar-refractivity contribution in [2.45, 2.75) is 0 Å². The fourth-order valence-electron chi connectivity index (χ4n) is 1.35. The van der Waals surface area contributed by atoms with Crippen LogP contribution in [0.1, 0.15) is 10.5 Å². The summed E-state index contributed by atoms with van der Waals surface area (Å²) in [4.78, 5) is 11.9. The summed E-state index contributed by atoms with van der Waals surface area (Å²) in [7, 11) is 1.53. The molecule has 19 heavy (non-hydrogen) atoms. The molecule has 0 unspecified atom stereocenters. The first kappa shape index (κ1) is 13.6. The van der Waals surface area contributed by atoms with Gasteiger partial charge in [0.15, 0.2) is 10.8 Å². The van der Waals surface area contributed by atoms with Gasteiger partial charge in [0, 0.05) is 6.07 Å². The SMILES string of the molecule is COc1ccc(Cl)c(NC(=O)c2ccc(Cl)nn2)c1. The van der Waals surface area contributed by atoms with E-state index < -0.39 is 5.91 Å². The Morgan fingerprint density at radius 1 is 1.21 bits per heavy atom. The molecule has 0 fully saturated rings. The Morgan fingerprint density at radius 3 is 2.63 bits per heavy atom. The van der Waals surface area contributed by atoms with Crippen molar-refractivity contribution in [1.29, 1.82) is 0 Å². The van der Waals surface area contributed by atoms with Crippen LogP contribution in [0.25, 0.3) is 0 Å². The van der Waals surface area contributed by atoms with Crippen LogP contribution in [-0.4, -0.2) is 23.2 Å². The quantitative estimate of drug-likeness (QED) is 0.946. The van der Waals surface area contributed by atoms with Gasteiger partial charge in [-0.05, 0) is 24.3 Å². The zero-order valence-corrected chi connectivity index (χ0v) is 11.4. The Bertz CT molecular complexity index is 602. The molecule has 5 nitrogen and oxygen atoms in total. The van der Waals surface area contributed by atoms with E-state index in [-0.39, 0.29) is 10.8 Å². The summed E-state index contributed by atoms with van der Waals surface area (Å²) in [5.41, 5.74) is 0.575. The summed E-state index contributed by atoms with van der Waals surface area (Å²) >= 11 is 11.6. The van der Waals surface area contributed by atoms with Crippen LogP contribution in [-0.2, 0) is 0 Å². The Balaban J connectivity index is 2.21. The zero-order valence-electron chi connectivity index (χ0n) is 9.85. The molecule has 2 aromatic rings. The Morgan fingerprint density at radius 2 is 2.00 bits per heavy atom. The summed E-state index contributed by atoms with van der Waals surface area (Å²) in [6, 6.07) is 7.89. The zero-order chi connectivity index (χ0) is 13.8. The highest BCUT2D eigenvalue weighted by atomic mass is 35.5. The summed E-state index contributed by atoms with van der Waals surface area (Å²) in [6.45, 7) is 0. The number of anilines is 1. The molecule has 7 heteroatoms. The molecule has 0 spiro atoms. The second-order valence-electron chi connectivity index (χ2n) is 3.54. The Kier molecular flexibility index (Phi) is 4.19. The minimum atomic E-state index is -0.431. The van der Waals surface area contributed by atoms with Gasteiger partial charge in [-0.1, -0.05) is 23.2 Å². The van der Waals surface area contributed by atoms with Crippen molar-refractivity contribution in [3.63, 3.8) is 0 Å². The van der Waals surface area contributed by atoms with Crippen LogP contribution in [0.3, 0.4) is 0 Å². The number of benzene rings is 1. The Hall–Kier alpha value is -1.85. The number of carbonyl (C=O) groups excluding carboxylic acids is 1. The normalized spacial score (nSPS) is 10.1. The van der Waals surface area contributed by atoms with Gasteiger partial charge in [0.2, 0.25) is 0 Å². The fourth-order valence-corrected chi connectivity index (χ4v) is 1.62. The van der Waals surface area contributed by atoms with Gasteiger partial charge in [-0.3, -0.25) is 4.79 Å².